The maximum absolute atomic E-state index is 12.5. The molecule has 2 aromatic heterocycles. The molecule has 0 unspecified atom stereocenters. The molecule has 0 bridgehead atoms. The Morgan fingerprint density at radius 2 is 1.89 bits per heavy atom. The Kier molecular flexibility index (Phi) is 5.47. The average molecular weight is 396 g/mol. The number of hydrogen-bond acceptors (Lipinski definition) is 8. The quantitative estimate of drug-likeness (QED) is 0.592. The number of piperazine rings is 1. The van der Waals surface area contributed by atoms with Crippen LogP contribution in [0.15, 0.2) is 47.9 Å². The van der Waals surface area contributed by atoms with Crippen LogP contribution in [0.5, 0.6) is 0 Å². The molecular weight excluding hydrogens is 376 g/mol. The summed E-state index contributed by atoms with van der Waals surface area (Å²) in [6, 6.07) is 12.1. The van der Waals surface area contributed by atoms with Crippen LogP contribution < -0.4 is 4.90 Å². The number of aromatic nitrogens is 6. The molecule has 9 nitrogen and oxygen atoms in total. The van der Waals surface area contributed by atoms with Gasteiger partial charge in [0.1, 0.15) is 12.1 Å². The van der Waals surface area contributed by atoms with Crippen LogP contribution in [0.2, 0.25) is 0 Å². The number of aryl methyl sites for hydroxylation is 1. The molecule has 10 heteroatoms. The first-order valence-corrected chi connectivity index (χ1v) is 9.94. The standard InChI is InChI=1S/C18H20N8OS/c1-24-18(21-22-23-24)28-12-17(27)26-9-7-25(8-10-26)16-11-15(19-13-20-16)14-5-3-2-4-6-14/h2-6,11,13H,7-10,12H2,1H3. The lowest BCUT2D eigenvalue weighted by atomic mass is 10.1. The Labute approximate surface area is 166 Å². The zero-order valence-corrected chi connectivity index (χ0v) is 16.3. The van der Waals surface area contributed by atoms with Crippen molar-refractivity contribution in [3.05, 3.63) is 42.7 Å². The van der Waals surface area contributed by atoms with Crippen molar-refractivity contribution in [2.45, 2.75) is 5.16 Å². The number of tetrazole rings is 1. The molecule has 1 saturated heterocycles. The minimum Gasteiger partial charge on any atom is -0.353 e. The van der Waals surface area contributed by atoms with Gasteiger partial charge >= 0.3 is 0 Å². The van der Waals surface area contributed by atoms with Crippen molar-refractivity contribution in [1.82, 2.24) is 35.1 Å². The predicted octanol–water partition coefficient (Wildman–Crippen LogP) is 1.11. The highest BCUT2D eigenvalue weighted by Gasteiger charge is 2.22. The summed E-state index contributed by atoms with van der Waals surface area (Å²) in [5, 5.41) is 11.9. The van der Waals surface area contributed by atoms with Crippen LogP contribution in [0, 0.1) is 0 Å². The Morgan fingerprint density at radius 3 is 2.61 bits per heavy atom. The van der Waals surface area contributed by atoms with E-state index < -0.39 is 0 Å². The molecule has 1 fully saturated rings. The van der Waals surface area contributed by atoms with E-state index in [-0.39, 0.29) is 5.91 Å². The van der Waals surface area contributed by atoms with Gasteiger partial charge in [0.2, 0.25) is 11.1 Å². The second-order valence-corrected chi connectivity index (χ2v) is 7.31. The molecule has 28 heavy (non-hydrogen) atoms. The van der Waals surface area contributed by atoms with Crippen LogP contribution in [0.1, 0.15) is 0 Å². The fourth-order valence-corrected chi connectivity index (χ4v) is 3.79. The Morgan fingerprint density at radius 1 is 1.11 bits per heavy atom. The van der Waals surface area contributed by atoms with Crippen LogP contribution >= 0.6 is 11.8 Å². The Hall–Kier alpha value is -3.01. The first-order valence-electron chi connectivity index (χ1n) is 8.96. The molecule has 0 N–H and O–H groups in total. The van der Waals surface area contributed by atoms with Crippen LogP contribution in [0.4, 0.5) is 5.82 Å². The Bertz CT molecular complexity index is 940. The van der Waals surface area contributed by atoms with Gasteiger partial charge in [-0.25, -0.2) is 14.6 Å². The molecule has 3 heterocycles. The molecule has 0 spiro atoms. The summed E-state index contributed by atoms with van der Waals surface area (Å²) in [6.07, 6.45) is 1.60. The van der Waals surface area contributed by atoms with Crippen molar-refractivity contribution in [1.29, 1.82) is 0 Å². The third-order valence-corrected chi connectivity index (χ3v) is 5.58. The van der Waals surface area contributed by atoms with Crippen molar-refractivity contribution in [3.63, 3.8) is 0 Å². The summed E-state index contributed by atoms with van der Waals surface area (Å²) in [7, 11) is 1.76. The average Bonchev–Trinajstić information content (AvgIpc) is 3.17. The number of carbonyl (C=O) groups excluding carboxylic acids is 1. The van der Waals surface area contributed by atoms with E-state index in [9.17, 15) is 4.79 Å². The fourth-order valence-electron chi connectivity index (χ4n) is 3.03. The highest BCUT2D eigenvalue weighted by Crippen LogP contribution is 2.21. The van der Waals surface area contributed by atoms with E-state index in [2.05, 4.69) is 30.4 Å². The molecule has 1 amide bonds. The summed E-state index contributed by atoms with van der Waals surface area (Å²) in [5.41, 5.74) is 1.97. The van der Waals surface area contributed by atoms with Crippen LogP contribution in [-0.4, -0.2) is 72.9 Å². The molecular formula is C18H20N8OS. The Balaban J connectivity index is 1.34. The number of hydrogen-bond donors (Lipinski definition) is 0. The predicted molar refractivity (Wildman–Crippen MR) is 106 cm³/mol. The second-order valence-electron chi connectivity index (χ2n) is 6.37. The third kappa shape index (κ3) is 4.11. The topological polar surface area (TPSA) is 92.9 Å². The SMILES string of the molecule is Cn1nnnc1SCC(=O)N1CCN(c2cc(-c3ccccc3)ncn2)CC1. The van der Waals surface area contributed by atoms with E-state index in [0.717, 1.165) is 30.2 Å². The van der Waals surface area contributed by atoms with E-state index in [1.165, 1.54) is 11.8 Å². The molecule has 4 rings (SSSR count). The van der Waals surface area contributed by atoms with Crippen LogP contribution in [-0.2, 0) is 11.8 Å². The van der Waals surface area contributed by atoms with Crippen molar-refractivity contribution >= 4 is 23.5 Å². The molecule has 1 aliphatic heterocycles. The van der Waals surface area contributed by atoms with Gasteiger partial charge in [-0.15, -0.1) is 5.10 Å². The molecule has 3 aromatic rings. The molecule has 0 aliphatic carbocycles. The first-order chi connectivity index (χ1) is 13.7. The third-order valence-electron chi connectivity index (χ3n) is 4.58. The summed E-state index contributed by atoms with van der Waals surface area (Å²) >= 11 is 1.35. The molecule has 1 aromatic carbocycles. The smallest absolute Gasteiger partial charge is 0.233 e. The lowest BCUT2D eigenvalue weighted by Crippen LogP contribution is -2.49. The van der Waals surface area contributed by atoms with Gasteiger partial charge in [-0.05, 0) is 10.4 Å². The van der Waals surface area contributed by atoms with Crippen molar-refractivity contribution < 1.29 is 4.79 Å². The van der Waals surface area contributed by atoms with Gasteiger partial charge in [0.25, 0.3) is 0 Å². The second kappa shape index (κ2) is 8.34. The first kappa shape index (κ1) is 18.4. The number of rotatable bonds is 5. The van der Waals surface area contributed by atoms with Crippen molar-refractivity contribution in [2.75, 3.05) is 36.8 Å². The maximum Gasteiger partial charge on any atom is 0.233 e. The van der Waals surface area contributed by atoms with Gasteiger partial charge in [0.15, 0.2) is 0 Å². The highest BCUT2D eigenvalue weighted by molar-refractivity contribution is 7.99. The van der Waals surface area contributed by atoms with E-state index in [1.54, 1.807) is 18.1 Å². The molecule has 1 aliphatic rings. The number of amides is 1. The minimum atomic E-state index is 0.0975. The minimum absolute atomic E-state index is 0.0975. The summed E-state index contributed by atoms with van der Waals surface area (Å²) in [5.74, 6) is 1.32. The van der Waals surface area contributed by atoms with Gasteiger partial charge in [0, 0.05) is 44.9 Å². The zero-order valence-electron chi connectivity index (χ0n) is 15.5. The van der Waals surface area contributed by atoms with Gasteiger partial charge in [-0.1, -0.05) is 42.1 Å². The van der Waals surface area contributed by atoms with Gasteiger partial charge in [-0.3, -0.25) is 4.79 Å². The zero-order chi connectivity index (χ0) is 19.3. The van der Waals surface area contributed by atoms with E-state index in [1.807, 2.05) is 41.3 Å². The molecule has 0 atom stereocenters. The molecule has 0 saturated carbocycles. The van der Waals surface area contributed by atoms with Crippen molar-refractivity contribution in [3.8, 4) is 11.3 Å². The van der Waals surface area contributed by atoms with Gasteiger partial charge < -0.3 is 9.80 Å². The number of anilines is 1. The van der Waals surface area contributed by atoms with Crippen LogP contribution in [0.25, 0.3) is 11.3 Å². The monoisotopic (exact) mass is 396 g/mol. The number of carbonyl (C=O) groups is 1. The molecule has 144 valence electrons. The van der Waals surface area contributed by atoms with Gasteiger partial charge in [0.05, 0.1) is 11.4 Å². The lowest BCUT2D eigenvalue weighted by molar-refractivity contribution is -0.128. The van der Waals surface area contributed by atoms with E-state index in [4.69, 9.17) is 0 Å². The van der Waals surface area contributed by atoms with E-state index in [0.29, 0.717) is 24.0 Å². The summed E-state index contributed by atoms with van der Waals surface area (Å²) in [4.78, 5) is 25.3. The number of nitrogens with zero attached hydrogens (tertiary/aromatic N) is 8. The normalized spacial score (nSPS) is 14.3. The highest BCUT2D eigenvalue weighted by atomic mass is 32.2. The fraction of sp³-hybridized carbons (Fsp3) is 0.333. The van der Waals surface area contributed by atoms with Crippen molar-refractivity contribution in [2.24, 2.45) is 7.05 Å². The molecule has 0 radical (unpaired) electrons. The number of benzene rings is 1. The lowest BCUT2D eigenvalue weighted by Gasteiger charge is -2.35. The number of thioether (sulfide) groups is 1. The summed E-state index contributed by atoms with van der Waals surface area (Å²) < 4.78 is 1.56. The van der Waals surface area contributed by atoms with Crippen LogP contribution in [0.3, 0.4) is 0 Å². The largest absolute Gasteiger partial charge is 0.353 e. The summed E-state index contributed by atoms with van der Waals surface area (Å²) in [6.45, 7) is 2.82. The van der Waals surface area contributed by atoms with E-state index >= 15 is 0 Å². The maximum atomic E-state index is 12.5. The van der Waals surface area contributed by atoms with Gasteiger partial charge in [-0.2, -0.15) is 0 Å².